The molecule has 2 nitrogen and oxygen atoms in total. The highest BCUT2D eigenvalue weighted by atomic mass is 15.4. The van der Waals surface area contributed by atoms with Crippen molar-refractivity contribution in [2.75, 3.05) is 13.6 Å². The zero-order valence-electron chi connectivity index (χ0n) is 15.5. The summed E-state index contributed by atoms with van der Waals surface area (Å²) in [4.78, 5) is 0. The van der Waals surface area contributed by atoms with Crippen LogP contribution in [-0.2, 0) is 0 Å². The SMILES string of the molecule is CN1CCCCCCCCC(C2=CCCCCCCCCC2)=N1. The van der Waals surface area contributed by atoms with E-state index in [1.165, 1.54) is 108 Å². The van der Waals surface area contributed by atoms with Crippen molar-refractivity contribution in [2.45, 2.75) is 103 Å². The van der Waals surface area contributed by atoms with Gasteiger partial charge in [0.1, 0.15) is 0 Å². The maximum absolute atomic E-state index is 5.03. The standard InChI is InChI=1S/C21H38N2/c1-23-19-15-11-7-6-10-14-18-21(22-23)20-16-12-8-4-2-3-5-9-13-17-20/h16H,2-15,17-19H2,1H3. The average molecular weight is 319 g/mol. The van der Waals surface area contributed by atoms with Crippen LogP contribution in [0.3, 0.4) is 0 Å². The van der Waals surface area contributed by atoms with E-state index in [0.29, 0.717) is 0 Å². The van der Waals surface area contributed by atoms with Crippen molar-refractivity contribution < 1.29 is 0 Å². The van der Waals surface area contributed by atoms with Crippen molar-refractivity contribution in [3.05, 3.63) is 11.6 Å². The largest absolute Gasteiger partial charge is 0.300 e. The third-order valence-electron chi connectivity index (χ3n) is 5.35. The number of nitrogens with zero attached hydrogens (tertiary/aromatic N) is 2. The van der Waals surface area contributed by atoms with E-state index < -0.39 is 0 Å². The molecule has 0 amide bonds. The predicted molar refractivity (Wildman–Crippen MR) is 102 cm³/mol. The summed E-state index contributed by atoms with van der Waals surface area (Å²) in [6.45, 7) is 1.12. The van der Waals surface area contributed by atoms with Crippen molar-refractivity contribution in [2.24, 2.45) is 5.10 Å². The minimum absolute atomic E-state index is 1.12. The predicted octanol–water partition coefficient (Wildman–Crippen LogP) is 6.47. The van der Waals surface area contributed by atoms with Crippen LogP contribution in [-0.4, -0.2) is 24.3 Å². The van der Waals surface area contributed by atoms with E-state index in [4.69, 9.17) is 5.10 Å². The van der Waals surface area contributed by atoms with Gasteiger partial charge in [0.05, 0.1) is 5.71 Å². The van der Waals surface area contributed by atoms with Gasteiger partial charge in [-0.2, -0.15) is 5.10 Å². The maximum Gasteiger partial charge on any atom is 0.0634 e. The number of hydrogen-bond donors (Lipinski definition) is 0. The Hall–Kier alpha value is -0.790. The molecule has 0 aromatic rings. The van der Waals surface area contributed by atoms with Gasteiger partial charge in [0, 0.05) is 13.6 Å². The van der Waals surface area contributed by atoms with Crippen LogP contribution in [0.15, 0.2) is 16.8 Å². The Bertz CT molecular complexity index is 370. The summed E-state index contributed by atoms with van der Waals surface area (Å²) in [7, 11) is 2.17. The minimum atomic E-state index is 1.12. The van der Waals surface area contributed by atoms with Gasteiger partial charge in [-0.1, -0.05) is 63.9 Å². The lowest BCUT2D eigenvalue weighted by Crippen LogP contribution is -2.17. The van der Waals surface area contributed by atoms with Gasteiger partial charge in [-0.3, -0.25) is 5.01 Å². The molecule has 1 aliphatic heterocycles. The molecule has 0 radical (unpaired) electrons. The fraction of sp³-hybridized carbons (Fsp3) is 0.857. The summed E-state index contributed by atoms with van der Waals surface area (Å²) in [6, 6.07) is 0. The molecular weight excluding hydrogens is 280 g/mol. The molecule has 0 atom stereocenters. The number of rotatable bonds is 1. The number of allylic oxidation sites excluding steroid dienone is 2. The lowest BCUT2D eigenvalue weighted by atomic mass is 9.97. The molecule has 0 saturated heterocycles. The first-order valence-electron chi connectivity index (χ1n) is 10.3. The first-order chi connectivity index (χ1) is 11.4. The second kappa shape index (κ2) is 11.7. The molecule has 0 saturated carbocycles. The molecule has 1 aliphatic carbocycles. The van der Waals surface area contributed by atoms with Crippen molar-refractivity contribution in [3.8, 4) is 0 Å². The topological polar surface area (TPSA) is 15.6 Å². The summed E-state index contributed by atoms with van der Waals surface area (Å²) >= 11 is 0. The Kier molecular flexibility index (Phi) is 9.44. The molecule has 0 aromatic carbocycles. The van der Waals surface area contributed by atoms with E-state index in [-0.39, 0.29) is 0 Å². The maximum atomic E-state index is 5.03. The van der Waals surface area contributed by atoms with E-state index in [1.54, 1.807) is 5.57 Å². The fourth-order valence-electron chi connectivity index (χ4n) is 3.86. The van der Waals surface area contributed by atoms with Gasteiger partial charge in [-0.25, -0.2) is 0 Å². The summed E-state index contributed by atoms with van der Waals surface area (Å²) in [5.74, 6) is 0. The smallest absolute Gasteiger partial charge is 0.0634 e. The van der Waals surface area contributed by atoms with Gasteiger partial charge in [-0.05, 0) is 50.5 Å². The van der Waals surface area contributed by atoms with Crippen LogP contribution in [0.1, 0.15) is 103 Å². The second-order valence-corrected chi connectivity index (χ2v) is 7.54. The number of hydrazone groups is 1. The molecule has 23 heavy (non-hydrogen) atoms. The molecule has 0 fully saturated rings. The third kappa shape index (κ3) is 8.04. The Morgan fingerprint density at radius 2 is 1.26 bits per heavy atom. The van der Waals surface area contributed by atoms with Crippen LogP contribution in [0, 0.1) is 0 Å². The molecule has 1 heterocycles. The van der Waals surface area contributed by atoms with Crippen molar-refractivity contribution in [1.29, 1.82) is 0 Å². The van der Waals surface area contributed by atoms with Gasteiger partial charge < -0.3 is 0 Å². The fourth-order valence-corrected chi connectivity index (χ4v) is 3.86. The zero-order valence-corrected chi connectivity index (χ0v) is 15.5. The van der Waals surface area contributed by atoms with Gasteiger partial charge in [0.2, 0.25) is 0 Å². The van der Waals surface area contributed by atoms with E-state index in [2.05, 4.69) is 18.1 Å². The zero-order chi connectivity index (χ0) is 16.2. The summed E-state index contributed by atoms with van der Waals surface area (Å²) in [5, 5.41) is 7.25. The van der Waals surface area contributed by atoms with Gasteiger partial charge >= 0.3 is 0 Å². The molecule has 0 unspecified atom stereocenters. The lowest BCUT2D eigenvalue weighted by molar-refractivity contribution is 0.342. The molecular formula is C21H38N2. The molecule has 0 spiro atoms. The monoisotopic (exact) mass is 318 g/mol. The van der Waals surface area contributed by atoms with Crippen LogP contribution < -0.4 is 0 Å². The van der Waals surface area contributed by atoms with Crippen molar-refractivity contribution in [3.63, 3.8) is 0 Å². The Morgan fingerprint density at radius 3 is 2.00 bits per heavy atom. The quantitative estimate of drug-likeness (QED) is 0.541. The Balaban J connectivity index is 2.04. The van der Waals surface area contributed by atoms with E-state index in [0.717, 1.165) is 6.54 Å². The molecule has 2 aliphatic rings. The van der Waals surface area contributed by atoms with Crippen LogP contribution in [0.5, 0.6) is 0 Å². The summed E-state index contributed by atoms with van der Waals surface area (Å²) < 4.78 is 0. The minimum Gasteiger partial charge on any atom is -0.300 e. The first-order valence-corrected chi connectivity index (χ1v) is 10.3. The molecule has 0 aromatic heterocycles. The van der Waals surface area contributed by atoms with Crippen LogP contribution >= 0.6 is 0 Å². The normalized spacial score (nSPS) is 24.0. The Labute approximate surface area is 144 Å². The summed E-state index contributed by atoms with van der Waals surface area (Å²) in [5.41, 5.74) is 2.99. The third-order valence-corrected chi connectivity index (χ3v) is 5.35. The molecule has 2 heteroatoms. The molecule has 0 N–H and O–H groups in total. The molecule has 0 bridgehead atoms. The van der Waals surface area contributed by atoms with Crippen LogP contribution in [0.25, 0.3) is 0 Å². The highest BCUT2D eigenvalue weighted by Gasteiger charge is 2.11. The summed E-state index contributed by atoms with van der Waals surface area (Å²) in [6.07, 6.45) is 24.3. The molecule has 2 rings (SSSR count). The van der Waals surface area contributed by atoms with Gasteiger partial charge in [-0.15, -0.1) is 0 Å². The average Bonchev–Trinajstić information content (AvgIpc) is 2.64. The van der Waals surface area contributed by atoms with Gasteiger partial charge in [0.15, 0.2) is 0 Å². The second-order valence-electron chi connectivity index (χ2n) is 7.54. The highest BCUT2D eigenvalue weighted by molar-refractivity contribution is 5.99. The highest BCUT2D eigenvalue weighted by Crippen LogP contribution is 2.21. The van der Waals surface area contributed by atoms with Crippen LogP contribution in [0.4, 0.5) is 0 Å². The number of hydrogen-bond acceptors (Lipinski definition) is 2. The van der Waals surface area contributed by atoms with Crippen molar-refractivity contribution >= 4 is 5.71 Å². The van der Waals surface area contributed by atoms with Crippen LogP contribution in [0.2, 0.25) is 0 Å². The Morgan fingerprint density at radius 1 is 0.696 bits per heavy atom. The first kappa shape index (κ1) is 18.5. The van der Waals surface area contributed by atoms with E-state index in [1.807, 2.05) is 0 Å². The molecule has 132 valence electrons. The van der Waals surface area contributed by atoms with E-state index in [9.17, 15) is 0 Å². The van der Waals surface area contributed by atoms with Crippen molar-refractivity contribution in [1.82, 2.24) is 5.01 Å². The van der Waals surface area contributed by atoms with Gasteiger partial charge in [0.25, 0.3) is 0 Å². The lowest BCUT2D eigenvalue weighted by Gasteiger charge is -2.17. The van der Waals surface area contributed by atoms with E-state index >= 15 is 0 Å².